The summed E-state index contributed by atoms with van der Waals surface area (Å²) < 4.78 is 13.3. The van der Waals surface area contributed by atoms with Crippen molar-refractivity contribution >= 4 is 15.9 Å². The Morgan fingerprint density at radius 1 is 1.54 bits per heavy atom. The minimum Gasteiger partial charge on any atom is -0.504 e. The molecule has 0 heterocycles. The van der Waals surface area contributed by atoms with Crippen LogP contribution < -0.4 is 0 Å². The molecular formula is C9H10BrFO2. The van der Waals surface area contributed by atoms with Crippen molar-refractivity contribution in [3.63, 3.8) is 0 Å². The predicted molar refractivity (Wildman–Crippen MR) is 51.3 cm³/mol. The highest BCUT2D eigenvalue weighted by atomic mass is 79.9. The number of aromatic hydroxyl groups is 1. The van der Waals surface area contributed by atoms with Crippen LogP contribution in [-0.2, 0) is 0 Å². The lowest BCUT2D eigenvalue weighted by Gasteiger charge is -2.09. The first kappa shape index (κ1) is 10.5. The topological polar surface area (TPSA) is 40.5 Å². The number of phenols is 1. The molecule has 0 aliphatic heterocycles. The standard InChI is InChI=1S/C9H10BrFO2/c1-5(4-12)6-2-7(10)9(13)8(11)3-6/h2-3,5,12-13H,4H2,1H3. The fraction of sp³-hybridized carbons (Fsp3) is 0.333. The van der Waals surface area contributed by atoms with Gasteiger partial charge in [0.25, 0.3) is 0 Å². The van der Waals surface area contributed by atoms with Crippen molar-refractivity contribution in [2.24, 2.45) is 0 Å². The number of hydrogen-bond donors (Lipinski definition) is 2. The summed E-state index contributed by atoms with van der Waals surface area (Å²) in [7, 11) is 0. The van der Waals surface area contributed by atoms with Crippen molar-refractivity contribution in [2.75, 3.05) is 6.61 Å². The lowest BCUT2D eigenvalue weighted by Crippen LogP contribution is -1.99. The zero-order valence-electron chi connectivity index (χ0n) is 7.09. The highest BCUT2D eigenvalue weighted by Crippen LogP contribution is 2.30. The SMILES string of the molecule is CC(CO)c1cc(F)c(O)c(Br)c1. The van der Waals surface area contributed by atoms with Gasteiger partial charge < -0.3 is 10.2 Å². The smallest absolute Gasteiger partial charge is 0.166 e. The molecule has 1 aromatic rings. The number of benzene rings is 1. The van der Waals surface area contributed by atoms with Crippen LogP contribution in [0, 0.1) is 5.82 Å². The minimum absolute atomic E-state index is 0.0450. The van der Waals surface area contributed by atoms with E-state index >= 15 is 0 Å². The molecule has 13 heavy (non-hydrogen) atoms. The summed E-state index contributed by atoms with van der Waals surface area (Å²) >= 11 is 3.02. The molecule has 1 aromatic carbocycles. The van der Waals surface area contributed by atoms with Gasteiger partial charge in [-0.3, -0.25) is 0 Å². The third kappa shape index (κ3) is 2.19. The molecule has 1 atom stereocenters. The molecule has 0 spiro atoms. The molecule has 0 radical (unpaired) electrons. The molecule has 0 aromatic heterocycles. The zero-order chi connectivity index (χ0) is 10.0. The van der Waals surface area contributed by atoms with E-state index < -0.39 is 11.6 Å². The van der Waals surface area contributed by atoms with Crippen LogP contribution in [0.3, 0.4) is 0 Å². The van der Waals surface area contributed by atoms with Crippen molar-refractivity contribution in [3.05, 3.63) is 28.0 Å². The molecule has 0 bridgehead atoms. The van der Waals surface area contributed by atoms with E-state index in [0.717, 1.165) is 0 Å². The summed E-state index contributed by atoms with van der Waals surface area (Å²) in [4.78, 5) is 0. The average Bonchev–Trinajstić information content (AvgIpc) is 2.12. The monoisotopic (exact) mass is 248 g/mol. The quantitative estimate of drug-likeness (QED) is 0.844. The maximum absolute atomic E-state index is 13.0. The first-order valence-electron chi connectivity index (χ1n) is 3.85. The second kappa shape index (κ2) is 4.07. The van der Waals surface area contributed by atoms with Crippen LogP contribution in [0.2, 0.25) is 0 Å². The van der Waals surface area contributed by atoms with E-state index in [0.29, 0.717) is 10.0 Å². The molecule has 4 heteroatoms. The van der Waals surface area contributed by atoms with Crippen LogP contribution in [0.25, 0.3) is 0 Å². The molecule has 0 aliphatic carbocycles. The molecule has 1 rings (SSSR count). The normalized spacial score (nSPS) is 12.9. The number of phenolic OH excluding ortho intramolecular Hbond substituents is 1. The van der Waals surface area contributed by atoms with Gasteiger partial charge in [0.2, 0.25) is 0 Å². The summed E-state index contributed by atoms with van der Waals surface area (Å²) in [6.07, 6.45) is 0. The van der Waals surface area contributed by atoms with E-state index in [2.05, 4.69) is 15.9 Å². The van der Waals surface area contributed by atoms with Gasteiger partial charge >= 0.3 is 0 Å². The lowest BCUT2D eigenvalue weighted by molar-refractivity contribution is 0.272. The van der Waals surface area contributed by atoms with Crippen molar-refractivity contribution in [3.8, 4) is 5.75 Å². The van der Waals surface area contributed by atoms with Crippen LogP contribution >= 0.6 is 15.9 Å². The molecule has 0 fully saturated rings. The van der Waals surface area contributed by atoms with Crippen LogP contribution in [0.1, 0.15) is 18.4 Å². The van der Waals surface area contributed by atoms with Gasteiger partial charge in [0, 0.05) is 12.5 Å². The third-order valence-corrected chi connectivity index (χ3v) is 2.49. The van der Waals surface area contributed by atoms with Gasteiger partial charge in [-0.15, -0.1) is 0 Å². The Labute approximate surface area is 84.1 Å². The maximum Gasteiger partial charge on any atom is 0.166 e. The fourth-order valence-electron chi connectivity index (χ4n) is 0.975. The Morgan fingerprint density at radius 3 is 2.62 bits per heavy atom. The van der Waals surface area contributed by atoms with Gasteiger partial charge in [-0.25, -0.2) is 4.39 Å². The minimum atomic E-state index is -0.676. The number of hydrogen-bond acceptors (Lipinski definition) is 2. The summed E-state index contributed by atoms with van der Waals surface area (Å²) in [6, 6.07) is 2.82. The van der Waals surface area contributed by atoms with Crippen LogP contribution in [0.5, 0.6) is 5.75 Å². The summed E-state index contributed by atoms with van der Waals surface area (Å²) in [6.45, 7) is 1.73. The van der Waals surface area contributed by atoms with Gasteiger partial charge in [0.05, 0.1) is 4.47 Å². The van der Waals surface area contributed by atoms with E-state index in [4.69, 9.17) is 10.2 Å². The second-order valence-electron chi connectivity index (χ2n) is 2.92. The van der Waals surface area contributed by atoms with Crippen LogP contribution in [-0.4, -0.2) is 16.8 Å². The fourth-order valence-corrected chi connectivity index (χ4v) is 1.43. The van der Waals surface area contributed by atoms with E-state index in [-0.39, 0.29) is 12.5 Å². The maximum atomic E-state index is 13.0. The van der Waals surface area contributed by atoms with E-state index in [1.807, 2.05) is 0 Å². The van der Waals surface area contributed by atoms with Crippen molar-refractivity contribution in [1.82, 2.24) is 0 Å². The van der Waals surface area contributed by atoms with E-state index in [9.17, 15) is 4.39 Å². The number of halogens is 2. The van der Waals surface area contributed by atoms with Gasteiger partial charge in [0.15, 0.2) is 11.6 Å². The Kier molecular flexibility index (Phi) is 3.27. The summed E-state index contributed by atoms with van der Waals surface area (Å²) in [5, 5.41) is 17.9. The van der Waals surface area contributed by atoms with Crippen molar-refractivity contribution in [2.45, 2.75) is 12.8 Å². The highest BCUT2D eigenvalue weighted by Gasteiger charge is 2.11. The molecule has 0 amide bonds. The molecule has 0 saturated heterocycles. The first-order valence-corrected chi connectivity index (χ1v) is 4.64. The molecule has 1 unspecified atom stereocenters. The Morgan fingerprint density at radius 2 is 2.15 bits per heavy atom. The molecule has 0 saturated carbocycles. The van der Waals surface area contributed by atoms with Gasteiger partial charge in [-0.1, -0.05) is 6.92 Å². The predicted octanol–water partition coefficient (Wildman–Crippen LogP) is 2.39. The second-order valence-corrected chi connectivity index (χ2v) is 3.77. The average molecular weight is 249 g/mol. The molecule has 2 nitrogen and oxygen atoms in total. The largest absolute Gasteiger partial charge is 0.504 e. The van der Waals surface area contributed by atoms with E-state index in [1.54, 1.807) is 13.0 Å². The first-order chi connectivity index (χ1) is 6.06. The van der Waals surface area contributed by atoms with Gasteiger partial charge in [-0.2, -0.15) is 0 Å². The van der Waals surface area contributed by atoms with Crippen molar-refractivity contribution in [1.29, 1.82) is 0 Å². The molecule has 72 valence electrons. The van der Waals surface area contributed by atoms with E-state index in [1.165, 1.54) is 6.07 Å². The summed E-state index contributed by atoms with van der Waals surface area (Å²) in [5.41, 5.74) is 0.657. The summed E-state index contributed by atoms with van der Waals surface area (Å²) in [5.74, 6) is -1.20. The number of rotatable bonds is 2. The molecular weight excluding hydrogens is 239 g/mol. The van der Waals surface area contributed by atoms with Crippen LogP contribution in [0.4, 0.5) is 4.39 Å². The van der Waals surface area contributed by atoms with Crippen LogP contribution in [0.15, 0.2) is 16.6 Å². The number of aliphatic hydroxyl groups is 1. The Hall–Kier alpha value is -0.610. The lowest BCUT2D eigenvalue weighted by atomic mass is 10.0. The highest BCUT2D eigenvalue weighted by molar-refractivity contribution is 9.10. The van der Waals surface area contributed by atoms with Crippen molar-refractivity contribution < 1.29 is 14.6 Å². The number of aliphatic hydroxyl groups excluding tert-OH is 1. The molecule has 2 N–H and O–H groups in total. The zero-order valence-corrected chi connectivity index (χ0v) is 8.68. The molecule has 0 aliphatic rings. The third-order valence-electron chi connectivity index (χ3n) is 1.88. The Bertz CT molecular complexity index is 291. The Balaban J connectivity index is 3.13. The van der Waals surface area contributed by atoms with Gasteiger partial charge in [-0.05, 0) is 33.6 Å². The van der Waals surface area contributed by atoms with Gasteiger partial charge in [0.1, 0.15) is 0 Å².